The van der Waals surface area contributed by atoms with E-state index in [2.05, 4.69) is 5.32 Å². The first-order chi connectivity index (χ1) is 13.8. The summed E-state index contributed by atoms with van der Waals surface area (Å²) in [7, 11) is -3.67. The molecule has 1 aromatic rings. The number of nitrogens with one attached hydrogen (secondary N) is 1. The fourth-order valence-corrected chi connectivity index (χ4v) is 4.20. The number of rotatable bonds is 7. The van der Waals surface area contributed by atoms with Gasteiger partial charge in [0.1, 0.15) is 6.54 Å². The fraction of sp³-hybridized carbons (Fsp3) is 0.579. The van der Waals surface area contributed by atoms with Crippen LogP contribution in [0.3, 0.4) is 0 Å². The molecule has 29 heavy (non-hydrogen) atoms. The monoisotopic (exact) mass is 425 g/mol. The molecule has 1 aromatic carbocycles. The smallest absolute Gasteiger partial charge is 0.254 e. The Bertz CT molecular complexity index is 815. The van der Waals surface area contributed by atoms with Crippen LogP contribution in [0.25, 0.3) is 0 Å². The predicted octanol–water partition coefficient (Wildman–Crippen LogP) is 0.220. The molecule has 0 aliphatic carbocycles. The zero-order valence-corrected chi connectivity index (χ0v) is 17.3. The Morgan fingerprint density at radius 2 is 1.86 bits per heavy atom. The Morgan fingerprint density at radius 1 is 1.17 bits per heavy atom. The predicted molar refractivity (Wildman–Crippen MR) is 107 cm³/mol. The lowest BCUT2D eigenvalue weighted by molar-refractivity contribution is -0.120. The Labute approximate surface area is 171 Å². The average Bonchev–Trinajstić information content (AvgIpc) is 3.24. The van der Waals surface area contributed by atoms with Gasteiger partial charge in [-0.15, -0.1) is 0 Å². The quantitative estimate of drug-likeness (QED) is 0.670. The molecule has 10 heteroatoms. The van der Waals surface area contributed by atoms with Crippen LogP contribution in [0.2, 0.25) is 0 Å². The van der Waals surface area contributed by atoms with Crippen LogP contribution in [0, 0.1) is 0 Å². The summed E-state index contributed by atoms with van der Waals surface area (Å²) in [5.74, 6) is -0.528. The number of nitrogens with zero attached hydrogens (tertiary/aromatic N) is 2. The van der Waals surface area contributed by atoms with Gasteiger partial charge >= 0.3 is 0 Å². The van der Waals surface area contributed by atoms with Gasteiger partial charge in [0, 0.05) is 31.8 Å². The highest BCUT2D eigenvalue weighted by molar-refractivity contribution is 7.92. The highest BCUT2D eigenvalue weighted by Gasteiger charge is 2.23. The van der Waals surface area contributed by atoms with E-state index in [0.29, 0.717) is 50.7 Å². The van der Waals surface area contributed by atoms with Crippen molar-refractivity contribution in [3.63, 3.8) is 0 Å². The lowest BCUT2D eigenvalue weighted by atomic mass is 10.1. The average molecular weight is 426 g/mol. The molecule has 0 aromatic heterocycles. The third kappa shape index (κ3) is 5.91. The van der Waals surface area contributed by atoms with Crippen LogP contribution in [0.5, 0.6) is 0 Å². The molecule has 2 amide bonds. The van der Waals surface area contributed by atoms with E-state index in [1.807, 2.05) is 0 Å². The lowest BCUT2D eigenvalue weighted by Crippen LogP contribution is -2.42. The highest BCUT2D eigenvalue weighted by atomic mass is 32.2. The van der Waals surface area contributed by atoms with Crippen LogP contribution in [0.15, 0.2) is 24.3 Å². The van der Waals surface area contributed by atoms with E-state index in [4.69, 9.17) is 9.47 Å². The third-order valence-electron chi connectivity index (χ3n) is 4.94. The molecule has 1 unspecified atom stereocenters. The molecule has 2 fully saturated rings. The van der Waals surface area contributed by atoms with Gasteiger partial charge in [0.25, 0.3) is 5.91 Å². The maximum absolute atomic E-state index is 12.5. The molecule has 0 radical (unpaired) electrons. The summed E-state index contributed by atoms with van der Waals surface area (Å²) in [5.41, 5.74) is 0.797. The number of carbonyl (C=O) groups is 2. The number of morpholine rings is 1. The van der Waals surface area contributed by atoms with Gasteiger partial charge in [-0.25, -0.2) is 8.42 Å². The van der Waals surface area contributed by atoms with Crippen LogP contribution in [0.4, 0.5) is 5.69 Å². The summed E-state index contributed by atoms with van der Waals surface area (Å²) in [5, 5.41) is 2.73. The topological polar surface area (TPSA) is 105 Å². The molecule has 160 valence electrons. The van der Waals surface area contributed by atoms with Gasteiger partial charge in [-0.3, -0.25) is 13.9 Å². The minimum atomic E-state index is -3.67. The van der Waals surface area contributed by atoms with Gasteiger partial charge in [-0.2, -0.15) is 0 Å². The second-order valence-corrected chi connectivity index (χ2v) is 9.07. The van der Waals surface area contributed by atoms with Crippen LogP contribution >= 0.6 is 0 Å². The van der Waals surface area contributed by atoms with Crippen molar-refractivity contribution in [1.29, 1.82) is 0 Å². The summed E-state index contributed by atoms with van der Waals surface area (Å²) in [6.45, 7) is 2.79. The van der Waals surface area contributed by atoms with E-state index in [9.17, 15) is 18.0 Å². The molecule has 9 nitrogen and oxygen atoms in total. The van der Waals surface area contributed by atoms with Crippen molar-refractivity contribution in [2.75, 3.05) is 56.6 Å². The number of carbonyl (C=O) groups excluding carboxylic acids is 2. The van der Waals surface area contributed by atoms with Crippen molar-refractivity contribution in [2.45, 2.75) is 18.9 Å². The van der Waals surface area contributed by atoms with Gasteiger partial charge in [0.05, 0.1) is 31.3 Å². The number of hydrogen-bond donors (Lipinski definition) is 1. The number of anilines is 1. The summed E-state index contributed by atoms with van der Waals surface area (Å²) in [6, 6.07) is 6.25. The van der Waals surface area contributed by atoms with Crippen LogP contribution < -0.4 is 9.62 Å². The normalized spacial score (nSPS) is 19.8. The van der Waals surface area contributed by atoms with Gasteiger partial charge in [0.2, 0.25) is 15.9 Å². The molecule has 0 spiro atoms. The van der Waals surface area contributed by atoms with Gasteiger partial charge in [-0.1, -0.05) is 0 Å². The molecule has 3 rings (SSSR count). The highest BCUT2D eigenvalue weighted by Crippen LogP contribution is 2.19. The molecule has 1 N–H and O–H groups in total. The van der Waals surface area contributed by atoms with Crippen molar-refractivity contribution in [3.05, 3.63) is 29.8 Å². The summed E-state index contributed by atoms with van der Waals surface area (Å²) < 4.78 is 36.2. The second-order valence-electron chi connectivity index (χ2n) is 7.16. The Balaban J connectivity index is 1.65. The largest absolute Gasteiger partial charge is 0.378 e. The zero-order chi connectivity index (χ0) is 20.9. The first-order valence-electron chi connectivity index (χ1n) is 9.67. The summed E-state index contributed by atoms with van der Waals surface area (Å²) >= 11 is 0. The minimum absolute atomic E-state index is 0.0175. The number of sulfonamides is 1. The SMILES string of the molecule is CS(=O)(=O)N(CC(=O)NCC1CCCO1)c1ccc(C(=O)N2CCOCC2)cc1. The molecule has 0 bridgehead atoms. The van der Waals surface area contributed by atoms with Crippen molar-refractivity contribution in [1.82, 2.24) is 10.2 Å². The lowest BCUT2D eigenvalue weighted by Gasteiger charge is -2.27. The second kappa shape index (κ2) is 9.55. The number of amides is 2. The van der Waals surface area contributed by atoms with E-state index in [-0.39, 0.29) is 18.6 Å². The maximum Gasteiger partial charge on any atom is 0.254 e. The van der Waals surface area contributed by atoms with E-state index in [0.717, 1.165) is 23.4 Å². The molecule has 2 heterocycles. The summed E-state index contributed by atoms with van der Waals surface area (Å²) in [6.07, 6.45) is 2.88. The van der Waals surface area contributed by atoms with Gasteiger partial charge < -0.3 is 19.7 Å². The van der Waals surface area contributed by atoms with Gasteiger partial charge in [0.15, 0.2) is 0 Å². The Hall–Kier alpha value is -2.17. The van der Waals surface area contributed by atoms with Gasteiger partial charge in [-0.05, 0) is 37.1 Å². The molecular weight excluding hydrogens is 398 g/mol. The van der Waals surface area contributed by atoms with Crippen LogP contribution in [-0.4, -0.2) is 83.5 Å². The molecule has 2 saturated heterocycles. The van der Waals surface area contributed by atoms with Crippen LogP contribution in [0.1, 0.15) is 23.2 Å². The standard InChI is InChI=1S/C19H27N3O6S/c1-29(25,26)22(14-18(23)20-13-17-3-2-10-28-17)16-6-4-15(5-7-16)19(24)21-8-11-27-12-9-21/h4-7,17H,2-3,8-14H2,1H3,(H,20,23). The first kappa shape index (κ1) is 21.5. The molecule has 2 aliphatic heterocycles. The van der Waals surface area contributed by atoms with Crippen molar-refractivity contribution in [3.8, 4) is 0 Å². The van der Waals surface area contributed by atoms with E-state index in [1.54, 1.807) is 29.2 Å². The molecule has 2 aliphatic rings. The van der Waals surface area contributed by atoms with Crippen molar-refractivity contribution < 1.29 is 27.5 Å². The van der Waals surface area contributed by atoms with Crippen molar-refractivity contribution in [2.24, 2.45) is 0 Å². The number of benzene rings is 1. The van der Waals surface area contributed by atoms with E-state index >= 15 is 0 Å². The van der Waals surface area contributed by atoms with E-state index in [1.165, 1.54) is 0 Å². The Kier molecular flexibility index (Phi) is 7.09. The molecule has 0 saturated carbocycles. The fourth-order valence-electron chi connectivity index (χ4n) is 3.34. The van der Waals surface area contributed by atoms with Crippen molar-refractivity contribution >= 4 is 27.5 Å². The van der Waals surface area contributed by atoms with E-state index < -0.39 is 15.9 Å². The first-order valence-corrected chi connectivity index (χ1v) is 11.5. The Morgan fingerprint density at radius 3 is 2.45 bits per heavy atom. The number of ether oxygens (including phenoxy) is 2. The zero-order valence-electron chi connectivity index (χ0n) is 16.5. The van der Waals surface area contributed by atoms with Crippen LogP contribution in [-0.2, 0) is 24.3 Å². The molecular formula is C19H27N3O6S. The maximum atomic E-state index is 12.5. The molecule has 1 atom stereocenters. The summed E-state index contributed by atoms with van der Waals surface area (Å²) in [4.78, 5) is 26.5. The number of hydrogen-bond acceptors (Lipinski definition) is 6. The third-order valence-corrected chi connectivity index (χ3v) is 6.08. The minimum Gasteiger partial charge on any atom is -0.378 e.